The van der Waals surface area contributed by atoms with E-state index in [0.29, 0.717) is 6.54 Å². The summed E-state index contributed by atoms with van der Waals surface area (Å²) in [5, 5.41) is 11.1. The van der Waals surface area contributed by atoms with E-state index in [4.69, 9.17) is 0 Å². The number of rotatable bonds is 7. The Morgan fingerprint density at radius 2 is 1.93 bits per heavy atom. The summed E-state index contributed by atoms with van der Waals surface area (Å²) in [6, 6.07) is 14.6. The molecule has 0 unspecified atom stereocenters. The molecule has 0 saturated heterocycles. The number of benzene rings is 1. The zero-order valence-electron chi connectivity index (χ0n) is 15.7. The van der Waals surface area contributed by atoms with E-state index in [9.17, 15) is 0 Å². The molecule has 0 radical (unpaired) electrons. The van der Waals surface area contributed by atoms with Crippen LogP contribution in [0.1, 0.15) is 27.8 Å². The van der Waals surface area contributed by atoms with Crippen molar-refractivity contribution in [3.63, 3.8) is 0 Å². The number of aryl methyl sites for hydroxylation is 1. The van der Waals surface area contributed by atoms with Crippen molar-refractivity contribution in [2.45, 2.75) is 33.5 Å². The van der Waals surface area contributed by atoms with Gasteiger partial charge in [-0.25, -0.2) is 4.99 Å². The summed E-state index contributed by atoms with van der Waals surface area (Å²) in [5.74, 6) is 0.828. The predicted octanol–water partition coefficient (Wildman–Crippen LogP) is 4.17. The Kier molecular flexibility index (Phi) is 8.80. The van der Waals surface area contributed by atoms with Gasteiger partial charge in [0, 0.05) is 28.1 Å². The monoisotopic (exact) mass is 495 g/mol. The van der Waals surface area contributed by atoms with Gasteiger partial charge >= 0.3 is 0 Å². The van der Waals surface area contributed by atoms with E-state index in [1.54, 1.807) is 0 Å². The lowest BCUT2D eigenvalue weighted by atomic mass is 10.2. The Morgan fingerprint density at radius 1 is 1.11 bits per heavy atom. The fourth-order valence-corrected chi connectivity index (χ4v) is 3.44. The highest BCUT2D eigenvalue weighted by Crippen LogP contribution is 2.14. The van der Waals surface area contributed by atoms with E-state index in [0.717, 1.165) is 31.2 Å². The first-order valence-electron chi connectivity index (χ1n) is 8.85. The Balaban J connectivity index is 0.00000261. The van der Waals surface area contributed by atoms with Crippen molar-refractivity contribution in [3.05, 3.63) is 75.7 Å². The minimum absolute atomic E-state index is 0. The second-order valence-corrected chi connectivity index (χ2v) is 7.47. The maximum Gasteiger partial charge on any atom is 0.191 e. The molecular weight excluding hydrogens is 469 g/mol. The van der Waals surface area contributed by atoms with E-state index >= 15 is 0 Å². The minimum Gasteiger partial charge on any atom is -0.357 e. The molecule has 2 aromatic heterocycles. The number of guanidine groups is 1. The Morgan fingerprint density at radius 3 is 2.63 bits per heavy atom. The molecule has 1 aromatic carbocycles. The maximum absolute atomic E-state index is 4.67. The third-order valence-corrected chi connectivity index (χ3v) is 4.86. The number of thiophene rings is 1. The summed E-state index contributed by atoms with van der Waals surface area (Å²) in [5.41, 5.74) is 2.34. The molecule has 144 valence electrons. The first-order chi connectivity index (χ1) is 12.7. The number of hydrogen-bond acceptors (Lipinski definition) is 3. The lowest BCUT2D eigenvalue weighted by molar-refractivity contribution is 0.686. The zero-order valence-corrected chi connectivity index (χ0v) is 18.8. The van der Waals surface area contributed by atoms with E-state index in [1.165, 1.54) is 15.3 Å². The zero-order chi connectivity index (χ0) is 18.2. The van der Waals surface area contributed by atoms with Crippen LogP contribution >= 0.6 is 35.3 Å². The fourth-order valence-electron chi connectivity index (χ4n) is 2.61. The molecule has 0 saturated carbocycles. The Bertz CT molecular complexity index is 841. The first-order valence-corrected chi connectivity index (χ1v) is 9.67. The molecular formula is C20H26IN5S. The fraction of sp³-hybridized carbons (Fsp3) is 0.300. The SMILES string of the molecule is CCNC(=NCc1cnn(Cc2ccccc2)c1)NCc1ccc(C)s1.I. The van der Waals surface area contributed by atoms with Crippen LogP contribution in [0, 0.1) is 6.92 Å². The van der Waals surface area contributed by atoms with Crippen LogP contribution < -0.4 is 10.6 Å². The van der Waals surface area contributed by atoms with Crippen molar-refractivity contribution >= 4 is 41.3 Å². The van der Waals surface area contributed by atoms with Gasteiger partial charge in [-0.05, 0) is 31.5 Å². The molecule has 2 N–H and O–H groups in total. The standard InChI is InChI=1S/C20H25N5S.HI/c1-3-21-20(23-13-19-10-9-16(2)26-19)22-11-18-12-24-25(15-18)14-17-7-5-4-6-8-17;/h4-10,12,15H,3,11,13-14H2,1-2H3,(H2,21,22,23);1H. The molecule has 5 nitrogen and oxygen atoms in total. The summed E-state index contributed by atoms with van der Waals surface area (Å²) >= 11 is 1.81. The van der Waals surface area contributed by atoms with Gasteiger partial charge in [-0.1, -0.05) is 30.3 Å². The average Bonchev–Trinajstić information content (AvgIpc) is 3.27. The number of hydrogen-bond donors (Lipinski definition) is 2. The van der Waals surface area contributed by atoms with E-state index < -0.39 is 0 Å². The third-order valence-electron chi connectivity index (χ3n) is 3.86. The molecule has 0 aliphatic carbocycles. The summed E-state index contributed by atoms with van der Waals surface area (Å²) in [4.78, 5) is 7.31. The van der Waals surface area contributed by atoms with Gasteiger partial charge < -0.3 is 10.6 Å². The van der Waals surface area contributed by atoms with Gasteiger partial charge in [0.25, 0.3) is 0 Å². The Hall–Kier alpha value is -1.87. The lowest BCUT2D eigenvalue weighted by Crippen LogP contribution is -2.36. The second-order valence-electron chi connectivity index (χ2n) is 6.09. The van der Waals surface area contributed by atoms with E-state index in [2.05, 4.69) is 65.0 Å². The molecule has 0 amide bonds. The summed E-state index contributed by atoms with van der Waals surface area (Å²) in [7, 11) is 0. The van der Waals surface area contributed by atoms with Crippen molar-refractivity contribution < 1.29 is 0 Å². The minimum atomic E-state index is 0. The van der Waals surface area contributed by atoms with Crippen molar-refractivity contribution in [1.82, 2.24) is 20.4 Å². The largest absolute Gasteiger partial charge is 0.357 e. The van der Waals surface area contributed by atoms with Crippen LogP contribution in [-0.2, 0) is 19.6 Å². The van der Waals surface area contributed by atoms with Crippen LogP contribution in [-0.4, -0.2) is 22.3 Å². The van der Waals surface area contributed by atoms with Gasteiger partial charge in [0.2, 0.25) is 0 Å². The highest BCUT2D eigenvalue weighted by atomic mass is 127. The van der Waals surface area contributed by atoms with Crippen LogP contribution in [0.4, 0.5) is 0 Å². The number of nitrogens with one attached hydrogen (secondary N) is 2. The molecule has 0 aliphatic rings. The quantitative estimate of drug-likeness (QED) is 0.294. The van der Waals surface area contributed by atoms with E-state index in [-0.39, 0.29) is 24.0 Å². The molecule has 7 heteroatoms. The summed E-state index contributed by atoms with van der Waals surface area (Å²) in [6.07, 6.45) is 3.95. The maximum atomic E-state index is 4.67. The van der Waals surface area contributed by atoms with Gasteiger partial charge in [-0.2, -0.15) is 5.10 Å². The number of halogens is 1. The van der Waals surface area contributed by atoms with Crippen molar-refractivity contribution in [2.24, 2.45) is 4.99 Å². The normalized spacial score (nSPS) is 11.1. The molecule has 0 bridgehead atoms. The molecule has 0 fully saturated rings. The van der Waals surface area contributed by atoms with Gasteiger partial charge in [0.15, 0.2) is 5.96 Å². The summed E-state index contributed by atoms with van der Waals surface area (Å²) < 4.78 is 1.95. The smallest absolute Gasteiger partial charge is 0.191 e. The van der Waals surface area contributed by atoms with Crippen LogP contribution in [0.2, 0.25) is 0 Å². The lowest BCUT2D eigenvalue weighted by Gasteiger charge is -2.10. The van der Waals surface area contributed by atoms with E-state index in [1.807, 2.05) is 40.4 Å². The summed E-state index contributed by atoms with van der Waals surface area (Å²) in [6.45, 7) is 7.21. The molecule has 0 aliphatic heterocycles. The molecule has 3 rings (SSSR count). The molecule has 0 spiro atoms. The third kappa shape index (κ3) is 6.99. The number of aromatic nitrogens is 2. The van der Waals surface area contributed by atoms with Gasteiger partial charge in [0.1, 0.15) is 0 Å². The van der Waals surface area contributed by atoms with Crippen LogP contribution in [0.15, 0.2) is 59.9 Å². The van der Waals surface area contributed by atoms with Crippen molar-refractivity contribution in [3.8, 4) is 0 Å². The second kappa shape index (κ2) is 11.1. The van der Waals surface area contributed by atoms with Crippen LogP contribution in [0.3, 0.4) is 0 Å². The highest BCUT2D eigenvalue weighted by Gasteiger charge is 2.02. The Labute approximate surface area is 181 Å². The number of nitrogens with zero attached hydrogens (tertiary/aromatic N) is 3. The number of aliphatic imine (C=N–C) groups is 1. The average molecular weight is 495 g/mol. The molecule has 0 atom stereocenters. The molecule has 3 aromatic rings. The van der Waals surface area contributed by atoms with Crippen LogP contribution in [0.5, 0.6) is 0 Å². The van der Waals surface area contributed by atoms with Crippen molar-refractivity contribution in [2.75, 3.05) is 6.54 Å². The van der Waals surface area contributed by atoms with Gasteiger partial charge in [-0.15, -0.1) is 35.3 Å². The highest BCUT2D eigenvalue weighted by molar-refractivity contribution is 14.0. The van der Waals surface area contributed by atoms with Crippen LogP contribution in [0.25, 0.3) is 0 Å². The van der Waals surface area contributed by atoms with Gasteiger partial charge in [-0.3, -0.25) is 4.68 Å². The van der Waals surface area contributed by atoms with Gasteiger partial charge in [0.05, 0.1) is 25.8 Å². The van der Waals surface area contributed by atoms with Crippen molar-refractivity contribution in [1.29, 1.82) is 0 Å². The first kappa shape index (κ1) is 21.4. The predicted molar refractivity (Wildman–Crippen MR) is 124 cm³/mol. The topological polar surface area (TPSA) is 54.2 Å². The molecule has 27 heavy (non-hydrogen) atoms. The molecule has 2 heterocycles.